The Hall–Kier alpha value is -0.870. The molecule has 0 aliphatic carbocycles. The van der Waals surface area contributed by atoms with Crippen molar-refractivity contribution >= 4 is 27.8 Å². The van der Waals surface area contributed by atoms with E-state index in [0.717, 1.165) is 5.69 Å². The highest BCUT2D eigenvalue weighted by Gasteiger charge is 2.08. The number of aromatic nitrogens is 1. The molecular formula is C9H10N2S2. The van der Waals surface area contributed by atoms with Crippen LogP contribution in [0.2, 0.25) is 0 Å². The van der Waals surface area contributed by atoms with Crippen LogP contribution in [-0.4, -0.2) is 4.98 Å². The zero-order valence-electron chi connectivity index (χ0n) is 7.50. The fraction of sp³-hybridized carbons (Fsp3) is 0.222. The highest BCUT2D eigenvalue weighted by atomic mass is 32.1. The molecule has 0 radical (unpaired) electrons. The molecule has 0 unspecified atom stereocenters. The lowest BCUT2D eigenvalue weighted by Gasteiger charge is -1.91. The number of thiophene rings is 1. The Bertz CT molecular complexity index is 429. The first-order chi connectivity index (χ1) is 6.16. The summed E-state index contributed by atoms with van der Waals surface area (Å²) in [5.74, 6) is 0. The fourth-order valence-corrected chi connectivity index (χ4v) is 2.90. The number of rotatable bonds is 1. The molecule has 0 amide bonds. The van der Waals surface area contributed by atoms with Gasteiger partial charge in [0.1, 0.15) is 0 Å². The molecule has 2 N–H and O–H groups in total. The molecule has 0 aromatic carbocycles. The van der Waals surface area contributed by atoms with Gasteiger partial charge < -0.3 is 5.73 Å². The largest absolute Gasteiger partial charge is 0.375 e. The van der Waals surface area contributed by atoms with E-state index in [4.69, 9.17) is 5.73 Å². The summed E-state index contributed by atoms with van der Waals surface area (Å²) in [6.07, 6.45) is 0. The van der Waals surface area contributed by atoms with Crippen molar-refractivity contribution in [3.63, 3.8) is 0 Å². The number of hydrogen-bond donors (Lipinski definition) is 1. The Morgan fingerprint density at radius 1 is 1.38 bits per heavy atom. The minimum Gasteiger partial charge on any atom is -0.375 e. The molecule has 0 saturated carbocycles. The smallest absolute Gasteiger partial charge is 0.180 e. The number of thiazole rings is 1. The first-order valence-electron chi connectivity index (χ1n) is 3.95. The first kappa shape index (κ1) is 8.72. The number of anilines is 1. The van der Waals surface area contributed by atoms with Gasteiger partial charge in [-0.05, 0) is 25.5 Å². The van der Waals surface area contributed by atoms with Gasteiger partial charge in [-0.25, -0.2) is 4.98 Å². The van der Waals surface area contributed by atoms with Crippen LogP contribution in [0.3, 0.4) is 0 Å². The van der Waals surface area contributed by atoms with Gasteiger partial charge in [0, 0.05) is 10.3 Å². The third-order valence-corrected chi connectivity index (χ3v) is 3.64. The van der Waals surface area contributed by atoms with Crippen LogP contribution >= 0.6 is 22.7 Å². The van der Waals surface area contributed by atoms with E-state index in [1.54, 1.807) is 11.3 Å². The molecule has 2 rings (SSSR count). The Kier molecular flexibility index (Phi) is 2.09. The maximum atomic E-state index is 5.58. The second-order valence-corrected chi connectivity index (χ2v) is 5.09. The molecule has 4 heteroatoms. The van der Waals surface area contributed by atoms with Crippen molar-refractivity contribution in [2.75, 3.05) is 5.73 Å². The molecule has 0 atom stereocenters. The van der Waals surface area contributed by atoms with E-state index < -0.39 is 0 Å². The van der Waals surface area contributed by atoms with Crippen LogP contribution < -0.4 is 5.73 Å². The van der Waals surface area contributed by atoms with E-state index in [-0.39, 0.29) is 0 Å². The van der Waals surface area contributed by atoms with Crippen LogP contribution in [-0.2, 0) is 0 Å². The average molecular weight is 210 g/mol. The molecule has 2 aromatic heterocycles. The van der Waals surface area contributed by atoms with Gasteiger partial charge in [0.15, 0.2) is 5.13 Å². The summed E-state index contributed by atoms with van der Waals surface area (Å²) in [4.78, 5) is 6.82. The number of nitrogens with zero attached hydrogens (tertiary/aromatic N) is 1. The second-order valence-electron chi connectivity index (χ2n) is 2.94. The molecule has 0 spiro atoms. The summed E-state index contributed by atoms with van der Waals surface area (Å²) >= 11 is 3.26. The van der Waals surface area contributed by atoms with Crippen molar-refractivity contribution < 1.29 is 0 Å². The maximum Gasteiger partial charge on any atom is 0.180 e. The molecule has 0 fully saturated rings. The Labute approximate surface area is 85.1 Å². The molecule has 13 heavy (non-hydrogen) atoms. The van der Waals surface area contributed by atoms with Gasteiger partial charge in [0.2, 0.25) is 0 Å². The molecule has 2 heterocycles. The molecular weight excluding hydrogens is 200 g/mol. The molecule has 0 aliphatic rings. The van der Waals surface area contributed by atoms with Crippen LogP contribution in [0.1, 0.15) is 10.4 Å². The van der Waals surface area contributed by atoms with E-state index in [9.17, 15) is 0 Å². The Morgan fingerprint density at radius 2 is 2.15 bits per heavy atom. The third-order valence-electron chi connectivity index (χ3n) is 1.80. The SMILES string of the molecule is Cc1cc(C)c(-c2csc(N)n2)s1. The summed E-state index contributed by atoms with van der Waals surface area (Å²) in [6.45, 7) is 4.21. The van der Waals surface area contributed by atoms with Crippen LogP contribution in [0.5, 0.6) is 0 Å². The Balaban J connectivity index is 2.51. The van der Waals surface area contributed by atoms with Gasteiger partial charge in [0.25, 0.3) is 0 Å². The molecule has 2 aromatic rings. The van der Waals surface area contributed by atoms with Gasteiger partial charge in [-0.15, -0.1) is 22.7 Å². The predicted octanol–water partition coefficient (Wildman–Crippen LogP) is 3.07. The summed E-state index contributed by atoms with van der Waals surface area (Å²) in [7, 11) is 0. The number of aryl methyl sites for hydroxylation is 2. The summed E-state index contributed by atoms with van der Waals surface area (Å²) in [5.41, 5.74) is 7.88. The van der Waals surface area contributed by atoms with E-state index in [0.29, 0.717) is 5.13 Å². The fourth-order valence-electron chi connectivity index (χ4n) is 1.29. The highest BCUT2D eigenvalue weighted by Crippen LogP contribution is 2.32. The molecule has 0 bridgehead atoms. The standard InChI is InChI=1S/C9H10N2S2/c1-5-3-6(2)13-8(5)7-4-12-9(10)11-7/h3-4H,1-2H3,(H2,10,11). The first-order valence-corrected chi connectivity index (χ1v) is 5.65. The zero-order valence-corrected chi connectivity index (χ0v) is 9.13. The monoisotopic (exact) mass is 210 g/mol. The number of hydrogen-bond acceptors (Lipinski definition) is 4. The van der Waals surface area contributed by atoms with Crippen molar-refractivity contribution in [2.24, 2.45) is 0 Å². The van der Waals surface area contributed by atoms with Gasteiger partial charge in [-0.3, -0.25) is 0 Å². The van der Waals surface area contributed by atoms with Crippen LogP contribution in [0.15, 0.2) is 11.4 Å². The van der Waals surface area contributed by atoms with Crippen LogP contribution in [0, 0.1) is 13.8 Å². The van der Waals surface area contributed by atoms with E-state index in [2.05, 4.69) is 24.9 Å². The lowest BCUT2D eigenvalue weighted by Crippen LogP contribution is -1.81. The summed E-state index contributed by atoms with van der Waals surface area (Å²) in [5, 5.41) is 2.65. The van der Waals surface area contributed by atoms with E-state index in [1.807, 2.05) is 5.38 Å². The number of nitrogen functional groups attached to an aromatic ring is 1. The third kappa shape index (κ3) is 1.59. The zero-order chi connectivity index (χ0) is 9.42. The quantitative estimate of drug-likeness (QED) is 0.785. The maximum absolute atomic E-state index is 5.58. The Morgan fingerprint density at radius 3 is 2.62 bits per heavy atom. The lowest BCUT2D eigenvalue weighted by atomic mass is 10.2. The van der Waals surface area contributed by atoms with Crippen LogP contribution in [0.4, 0.5) is 5.13 Å². The normalized spacial score (nSPS) is 10.6. The molecule has 68 valence electrons. The predicted molar refractivity (Wildman–Crippen MR) is 59.3 cm³/mol. The van der Waals surface area contributed by atoms with Gasteiger partial charge in [-0.1, -0.05) is 0 Å². The van der Waals surface area contributed by atoms with Crippen molar-refractivity contribution in [3.8, 4) is 10.6 Å². The van der Waals surface area contributed by atoms with E-state index >= 15 is 0 Å². The molecule has 0 saturated heterocycles. The summed E-state index contributed by atoms with van der Waals surface area (Å²) < 4.78 is 0. The topological polar surface area (TPSA) is 38.9 Å². The van der Waals surface area contributed by atoms with Gasteiger partial charge >= 0.3 is 0 Å². The summed E-state index contributed by atoms with van der Waals surface area (Å²) in [6, 6.07) is 2.18. The molecule has 0 aliphatic heterocycles. The van der Waals surface area contributed by atoms with Crippen molar-refractivity contribution in [3.05, 3.63) is 21.9 Å². The van der Waals surface area contributed by atoms with Gasteiger partial charge in [0.05, 0.1) is 10.6 Å². The van der Waals surface area contributed by atoms with Crippen molar-refractivity contribution in [2.45, 2.75) is 13.8 Å². The van der Waals surface area contributed by atoms with Crippen molar-refractivity contribution in [1.82, 2.24) is 4.98 Å². The number of nitrogens with two attached hydrogens (primary N) is 1. The minimum absolute atomic E-state index is 0.639. The molecule has 2 nitrogen and oxygen atoms in total. The van der Waals surface area contributed by atoms with Crippen molar-refractivity contribution in [1.29, 1.82) is 0 Å². The second kappa shape index (κ2) is 3.12. The highest BCUT2D eigenvalue weighted by molar-refractivity contribution is 7.17. The minimum atomic E-state index is 0.639. The van der Waals surface area contributed by atoms with Crippen LogP contribution in [0.25, 0.3) is 10.6 Å². The van der Waals surface area contributed by atoms with E-state index in [1.165, 1.54) is 26.7 Å². The lowest BCUT2D eigenvalue weighted by molar-refractivity contribution is 1.41. The van der Waals surface area contributed by atoms with Gasteiger partial charge in [-0.2, -0.15) is 0 Å². The average Bonchev–Trinajstić information content (AvgIpc) is 2.58.